The summed E-state index contributed by atoms with van der Waals surface area (Å²) in [5, 5.41) is 6.34. The maximum Gasteiger partial charge on any atom is 0.225 e. The molecule has 0 saturated carbocycles. The van der Waals surface area contributed by atoms with Crippen molar-refractivity contribution < 1.29 is 9.53 Å². The number of anilines is 1. The van der Waals surface area contributed by atoms with Gasteiger partial charge in [0.25, 0.3) is 0 Å². The van der Waals surface area contributed by atoms with E-state index in [0.29, 0.717) is 18.7 Å². The van der Waals surface area contributed by atoms with Gasteiger partial charge in [0, 0.05) is 38.0 Å². The minimum Gasteiger partial charge on any atom is -0.378 e. The summed E-state index contributed by atoms with van der Waals surface area (Å²) in [6.07, 6.45) is 2.43. The second-order valence-corrected chi connectivity index (χ2v) is 6.00. The fraction of sp³-hybridized carbons (Fsp3) is 0.714. The summed E-state index contributed by atoms with van der Waals surface area (Å²) < 4.78 is 5.54. The number of aromatic nitrogens is 1. The van der Waals surface area contributed by atoms with Crippen molar-refractivity contribution >= 4 is 22.4 Å². The molecule has 2 unspecified atom stereocenters. The fourth-order valence-corrected chi connectivity index (χ4v) is 3.36. The Hall–Kier alpha value is -0.980. The topological polar surface area (TPSA) is 54.5 Å². The smallest absolute Gasteiger partial charge is 0.225 e. The Kier molecular flexibility index (Phi) is 5.51. The molecular formula is C14H23N3O2S. The Morgan fingerprint density at radius 1 is 1.65 bits per heavy atom. The monoisotopic (exact) mass is 297 g/mol. The molecule has 1 fully saturated rings. The lowest BCUT2D eigenvalue weighted by Crippen LogP contribution is -2.37. The highest BCUT2D eigenvalue weighted by atomic mass is 32.1. The number of nitrogens with one attached hydrogen (secondary N) is 1. The van der Waals surface area contributed by atoms with E-state index in [4.69, 9.17) is 4.74 Å². The van der Waals surface area contributed by atoms with Gasteiger partial charge < -0.3 is 10.1 Å². The third-order valence-electron chi connectivity index (χ3n) is 3.52. The largest absolute Gasteiger partial charge is 0.378 e. The average Bonchev–Trinajstić information content (AvgIpc) is 2.85. The lowest BCUT2D eigenvalue weighted by atomic mass is 10.0. The van der Waals surface area contributed by atoms with E-state index in [1.807, 2.05) is 12.3 Å². The highest BCUT2D eigenvalue weighted by Gasteiger charge is 2.19. The SMILES string of the molecule is CCN(C(C)=O)c1nc(CNC2CCOC(C)C2)cs1. The molecule has 1 saturated heterocycles. The van der Waals surface area contributed by atoms with Crippen LogP contribution in [0.15, 0.2) is 5.38 Å². The molecule has 1 amide bonds. The maximum atomic E-state index is 11.5. The quantitative estimate of drug-likeness (QED) is 0.905. The molecule has 0 aliphatic carbocycles. The van der Waals surface area contributed by atoms with Gasteiger partial charge in [-0.2, -0.15) is 0 Å². The van der Waals surface area contributed by atoms with E-state index in [0.717, 1.165) is 36.8 Å². The third-order valence-corrected chi connectivity index (χ3v) is 4.44. The van der Waals surface area contributed by atoms with Crippen molar-refractivity contribution in [2.75, 3.05) is 18.1 Å². The molecule has 5 nitrogen and oxygen atoms in total. The average molecular weight is 297 g/mol. The van der Waals surface area contributed by atoms with Gasteiger partial charge in [0.05, 0.1) is 11.8 Å². The van der Waals surface area contributed by atoms with Crippen LogP contribution >= 0.6 is 11.3 Å². The molecule has 2 rings (SSSR count). The maximum absolute atomic E-state index is 11.5. The molecule has 20 heavy (non-hydrogen) atoms. The normalized spacial score (nSPS) is 22.8. The van der Waals surface area contributed by atoms with Gasteiger partial charge in [-0.25, -0.2) is 4.98 Å². The van der Waals surface area contributed by atoms with E-state index in [1.165, 1.54) is 11.3 Å². The molecule has 6 heteroatoms. The highest BCUT2D eigenvalue weighted by molar-refractivity contribution is 7.14. The first kappa shape index (κ1) is 15.4. The molecule has 2 heterocycles. The van der Waals surface area contributed by atoms with Crippen molar-refractivity contribution in [3.05, 3.63) is 11.1 Å². The number of carbonyl (C=O) groups is 1. The Morgan fingerprint density at radius 2 is 2.45 bits per heavy atom. The second kappa shape index (κ2) is 7.15. The first-order valence-electron chi connectivity index (χ1n) is 7.17. The van der Waals surface area contributed by atoms with Gasteiger partial charge in [0.15, 0.2) is 5.13 Å². The first-order chi connectivity index (χ1) is 9.60. The second-order valence-electron chi connectivity index (χ2n) is 5.17. The van der Waals surface area contributed by atoms with Crippen LogP contribution in [-0.2, 0) is 16.1 Å². The van der Waals surface area contributed by atoms with Crippen LogP contribution in [-0.4, -0.2) is 36.2 Å². The molecule has 1 aliphatic heterocycles. The number of thiazole rings is 1. The molecule has 1 N–H and O–H groups in total. The number of carbonyl (C=O) groups excluding carboxylic acids is 1. The van der Waals surface area contributed by atoms with Crippen molar-refractivity contribution in [2.24, 2.45) is 0 Å². The number of rotatable bonds is 5. The molecule has 0 aromatic carbocycles. The van der Waals surface area contributed by atoms with Crippen molar-refractivity contribution in [2.45, 2.75) is 52.3 Å². The van der Waals surface area contributed by atoms with Crippen LogP contribution < -0.4 is 10.2 Å². The molecule has 2 atom stereocenters. The van der Waals surface area contributed by atoms with Crippen LogP contribution in [0.4, 0.5) is 5.13 Å². The van der Waals surface area contributed by atoms with Crippen LogP contribution in [0, 0.1) is 0 Å². The van der Waals surface area contributed by atoms with Crippen LogP contribution in [0.1, 0.15) is 39.3 Å². The molecule has 0 spiro atoms. The van der Waals surface area contributed by atoms with Gasteiger partial charge in [0.2, 0.25) is 5.91 Å². The van der Waals surface area contributed by atoms with Gasteiger partial charge >= 0.3 is 0 Å². The summed E-state index contributed by atoms with van der Waals surface area (Å²) in [5.41, 5.74) is 1.00. The zero-order valence-electron chi connectivity index (χ0n) is 12.4. The predicted octanol–water partition coefficient (Wildman–Crippen LogP) is 2.17. The molecule has 1 aliphatic rings. The summed E-state index contributed by atoms with van der Waals surface area (Å²) in [4.78, 5) is 17.7. The summed E-state index contributed by atoms with van der Waals surface area (Å²) in [6, 6.07) is 0.499. The lowest BCUT2D eigenvalue weighted by molar-refractivity contribution is -0.116. The van der Waals surface area contributed by atoms with E-state index in [1.54, 1.807) is 11.8 Å². The van der Waals surface area contributed by atoms with E-state index in [-0.39, 0.29) is 5.91 Å². The van der Waals surface area contributed by atoms with Crippen molar-refractivity contribution in [1.29, 1.82) is 0 Å². The lowest BCUT2D eigenvalue weighted by Gasteiger charge is -2.27. The van der Waals surface area contributed by atoms with Crippen molar-refractivity contribution in [3.63, 3.8) is 0 Å². The summed E-state index contributed by atoms with van der Waals surface area (Å²) >= 11 is 1.53. The molecular weight excluding hydrogens is 274 g/mol. The molecule has 1 aromatic rings. The van der Waals surface area contributed by atoms with Crippen LogP contribution in [0.25, 0.3) is 0 Å². The Bertz CT molecular complexity index is 449. The zero-order valence-corrected chi connectivity index (χ0v) is 13.2. The Labute approximate surface area is 124 Å². The van der Waals surface area contributed by atoms with Gasteiger partial charge in [0.1, 0.15) is 0 Å². The van der Waals surface area contributed by atoms with Gasteiger partial charge in [-0.3, -0.25) is 9.69 Å². The predicted molar refractivity (Wildman–Crippen MR) is 81.1 cm³/mol. The highest BCUT2D eigenvalue weighted by Crippen LogP contribution is 2.21. The van der Waals surface area contributed by atoms with Crippen molar-refractivity contribution in [1.82, 2.24) is 10.3 Å². The van der Waals surface area contributed by atoms with E-state index in [2.05, 4.69) is 17.2 Å². The molecule has 112 valence electrons. The molecule has 1 aromatic heterocycles. The Balaban J connectivity index is 1.88. The minimum atomic E-state index is 0.0413. The van der Waals surface area contributed by atoms with E-state index >= 15 is 0 Å². The van der Waals surface area contributed by atoms with Crippen LogP contribution in [0.5, 0.6) is 0 Å². The third kappa shape index (κ3) is 4.01. The number of amides is 1. The molecule has 0 radical (unpaired) electrons. The standard InChI is InChI=1S/C14H23N3O2S/c1-4-17(11(3)18)14-16-13(9-20-14)8-15-12-5-6-19-10(2)7-12/h9-10,12,15H,4-8H2,1-3H3. The van der Waals surface area contributed by atoms with E-state index < -0.39 is 0 Å². The van der Waals surface area contributed by atoms with Gasteiger partial charge in [-0.15, -0.1) is 11.3 Å². The minimum absolute atomic E-state index is 0.0413. The number of hydrogen-bond donors (Lipinski definition) is 1. The molecule has 0 bridgehead atoms. The van der Waals surface area contributed by atoms with Crippen LogP contribution in [0.3, 0.4) is 0 Å². The summed E-state index contributed by atoms with van der Waals surface area (Å²) in [5.74, 6) is 0.0413. The Morgan fingerprint density at radius 3 is 3.10 bits per heavy atom. The van der Waals surface area contributed by atoms with Gasteiger partial charge in [-0.1, -0.05) is 0 Å². The number of ether oxygens (including phenoxy) is 1. The zero-order chi connectivity index (χ0) is 14.5. The number of hydrogen-bond acceptors (Lipinski definition) is 5. The fourth-order valence-electron chi connectivity index (χ4n) is 2.43. The first-order valence-corrected chi connectivity index (χ1v) is 8.05. The van der Waals surface area contributed by atoms with Crippen molar-refractivity contribution in [3.8, 4) is 0 Å². The number of nitrogens with zero attached hydrogens (tertiary/aromatic N) is 2. The summed E-state index contributed by atoms with van der Waals surface area (Å²) in [6.45, 7) is 7.89. The van der Waals surface area contributed by atoms with Crippen LogP contribution in [0.2, 0.25) is 0 Å². The van der Waals surface area contributed by atoms with Gasteiger partial charge in [-0.05, 0) is 26.7 Å². The summed E-state index contributed by atoms with van der Waals surface area (Å²) in [7, 11) is 0. The van der Waals surface area contributed by atoms with E-state index in [9.17, 15) is 4.79 Å².